The Labute approximate surface area is 218 Å². The summed E-state index contributed by atoms with van der Waals surface area (Å²) in [6.45, 7) is 8.37. The van der Waals surface area contributed by atoms with Crippen LogP contribution in [0.1, 0.15) is 42.1 Å². The van der Waals surface area contributed by atoms with Gasteiger partial charge in [-0.1, -0.05) is 0 Å². The molecule has 2 heterocycles. The number of aliphatic imine (C=N–C) groups is 1. The molecule has 3 unspecified atom stereocenters. The molecular weight excluding hydrogens is 507 g/mol. The molecule has 0 spiro atoms. The zero-order valence-electron chi connectivity index (χ0n) is 20.8. The number of likely N-dealkylation sites (tertiary alicyclic amines) is 1. The molecule has 0 radical (unpaired) electrons. The molecular formula is C27H39AsClN4O+. The quantitative estimate of drug-likeness (QED) is 0.267. The minimum absolute atomic E-state index is 0.235. The van der Waals surface area contributed by atoms with Gasteiger partial charge in [0.2, 0.25) is 0 Å². The van der Waals surface area contributed by atoms with Gasteiger partial charge in [0, 0.05) is 6.54 Å². The first kappa shape index (κ1) is 25.7. The van der Waals surface area contributed by atoms with Gasteiger partial charge in [-0.15, -0.1) is 0 Å². The van der Waals surface area contributed by atoms with Crippen molar-refractivity contribution in [1.82, 2.24) is 14.3 Å². The molecule has 5 nitrogen and oxygen atoms in total. The Balaban J connectivity index is 1.34. The summed E-state index contributed by atoms with van der Waals surface area (Å²) in [7, 11) is 4.19. The topological polar surface area (TPSA) is 28.1 Å². The summed E-state index contributed by atoms with van der Waals surface area (Å²) in [5.74, 6) is 0.967. The molecule has 0 amide bonds. The van der Waals surface area contributed by atoms with Crippen LogP contribution in [0.25, 0.3) is 0 Å². The summed E-state index contributed by atoms with van der Waals surface area (Å²) in [5, 5.41) is 0.813. The molecule has 0 N–H and O–H groups in total. The van der Waals surface area contributed by atoms with Crippen LogP contribution in [-0.4, -0.2) is 85.9 Å². The second-order valence-corrected chi connectivity index (χ2v) is 11.6. The van der Waals surface area contributed by atoms with E-state index in [1.54, 1.807) is 16.9 Å². The molecule has 0 aliphatic carbocycles. The molecule has 2 aromatic rings. The van der Waals surface area contributed by atoms with Gasteiger partial charge in [0.25, 0.3) is 0 Å². The maximum atomic E-state index is 6.34. The fourth-order valence-electron chi connectivity index (χ4n) is 5.33. The van der Waals surface area contributed by atoms with Crippen LogP contribution in [0, 0.1) is 0 Å². The fraction of sp³-hybridized carbons (Fsp3) is 0.519. The monoisotopic (exact) mass is 545 g/mol. The van der Waals surface area contributed by atoms with E-state index in [1.807, 2.05) is 6.07 Å². The molecule has 0 saturated carbocycles. The van der Waals surface area contributed by atoms with Crippen LogP contribution in [0.2, 0.25) is 5.02 Å². The summed E-state index contributed by atoms with van der Waals surface area (Å²) in [4.78, 5) is 9.94. The zero-order chi connectivity index (χ0) is 24.1. The van der Waals surface area contributed by atoms with E-state index >= 15 is 0 Å². The van der Waals surface area contributed by atoms with Crippen molar-refractivity contribution in [1.29, 1.82) is 0 Å². The van der Waals surface area contributed by atoms with Gasteiger partial charge < -0.3 is 9.64 Å². The third-order valence-corrected chi connectivity index (χ3v) is 8.62. The van der Waals surface area contributed by atoms with Gasteiger partial charge in [-0.05, 0) is 20.5 Å². The predicted octanol–water partition coefficient (Wildman–Crippen LogP) is 4.34. The molecule has 0 bridgehead atoms. The average Bonchev–Trinajstić information content (AvgIpc) is 2.84. The van der Waals surface area contributed by atoms with Crippen molar-refractivity contribution in [2.24, 2.45) is 4.99 Å². The molecule has 184 valence electrons. The van der Waals surface area contributed by atoms with E-state index in [0.717, 1.165) is 61.0 Å². The third-order valence-electron chi connectivity index (χ3n) is 7.27. The molecule has 1 saturated heterocycles. The van der Waals surface area contributed by atoms with Gasteiger partial charge >= 0.3 is 170 Å². The van der Waals surface area contributed by atoms with Crippen molar-refractivity contribution >= 4 is 40.5 Å². The Morgan fingerprint density at radius 1 is 1.15 bits per heavy atom. The van der Waals surface area contributed by atoms with Gasteiger partial charge in [-0.25, -0.2) is 0 Å². The fourth-order valence-corrected chi connectivity index (χ4v) is 6.24. The van der Waals surface area contributed by atoms with Gasteiger partial charge in [0.1, 0.15) is 5.75 Å². The standard InChI is InChI=1S/C27H39AsClN4O/c1-4-33(20-30-27(28)25-18-22(29)8-11-26(25)33)23-12-15-32(16-13-23)19-21-6-9-24(10-7-21)34-17-5-14-31(2)3/h6-11,18,20,23,27H,4-5,12-17,19,28H2,1-3H3/q+1. The van der Waals surface area contributed by atoms with Crippen molar-refractivity contribution in [2.45, 2.75) is 43.6 Å². The van der Waals surface area contributed by atoms with Crippen molar-refractivity contribution in [2.75, 3.05) is 46.9 Å². The number of benzene rings is 2. The Kier molecular flexibility index (Phi) is 8.76. The average molecular weight is 546 g/mol. The second kappa shape index (κ2) is 11.6. The molecule has 7 heteroatoms. The Morgan fingerprint density at radius 3 is 2.56 bits per heavy atom. The molecule has 2 aliphatic heterocycles. The second-order valence-electron chi connectivity index (χ2n) is 9.82. The van der Waals surface area contributed by atoms with Gasteiger partial charge in [-0.2, -0.15) is 0 Å². The van der Waals surface area contributed by atoms with Gasteiger partial charge in [-0.3, -0.25) is 0 Å². The molecule has 0 aromatic heterocycles. The molecule has 4 rings (SSSR count). The van der Waals surface area contributed by atoms with Crippen LogP contribution in [0.15, 0.2) is 47.5 Å². The van der Waals surface area contributed by atoms with Crippen LogP contribution in [-0.2, 0) is 6.54 Å². The Bertz CT molecular complexity index is 975. The summed E-state index contributed by atoms with van der Waals surface area (Å²) >= 11 is 7.99. The van der Waals surface area contributed by atoms with Crippen molar-refractivity contribution in [3.63, 3.8) is 0 Å². The van der Waals surface area contributed by atoms with Crippen molar-refractivity contribution < 1.29 is 4.74 Å². The first-order chi connectivity index (χ1) is 16.4. The number of nitrogens with zero attached hydrogens (tertiary/aromatic N) is 4. The first-order valence-corrected chi connectivity index (χ1v) is 14.2. The number of fused-ring (bicyclic) bond motifs is 1. The van der Waals surface area contributed by atoms with E-state index in [-0.39, 0.29) is 4.83 Å². The Morgan fingerprint density at radius 2 is 1.88 bits per heavy atom. The van der Waals surface area contributed by atoms with Gasteiger partial charge in [0.15, 0.2) is 0 Å². The molecule has 3 atom stereocenters. The number of halogens is 1. The van der Waals surface area contributed by atoms with Crippen LogP contribution >= 0.6 is 11.6 Å². The minimum atomic E-state index is 0.235. The van der Waals surface area contributed by atoms with Crippen molar-refractivity contribution in [3.05, 3.63) is 58.6 Å². The predicted molar refractivity (Wildman–Crippen MR) is 147 cm³/mol. The zero-order valence-corrected chi connectivity index (χ0v) is 24.0. The van der Waals surface area contributed by atoms with Gasteiger partial charge in [0.05, 0.1) is 6.61 Å². The van der Waals surface area contributed by atoms with Crippen LogP contribution < -0.4 is 9.22 Å². The van der Waals surface area contributed by atoms with E-state index in [9.17, 15) is 0 Å². The Hall–Kier alpha value is -1.36. The first-order valence-electron chi connectivity index (χ1n) is 12.5. The van der Waals surface area contributed by atoms with Crippen LogP contribution in [0.4, 0.5) is 5.69 Å². The summed E-state index contributed by atoms with van der Waals surface area (Å²) in [5.41, 5.74) is 4.06. The molecule has 2 aromatic carbocycles. The number of hydrogen-bond donors (Lipinski definition) is 0. The van der Waals surface area contributed by atoms with E-state index < -0.39 is 0 Å². The van der Waals surface area contributed by atoms with Crippen molar-refractivity contribution in [3.8, 4) is 5.75 Å². The summed E-state index contributed by atoms with van der Waals surface area (Å²) in [6.07, 6.45) is 5.63. The molecule has 1 fully saturated rings. The number of ether oxygens (including phenoxy) is 1. The SMILES string of the molecule is CC[N+]1(C2CCN(Cc3ccc(OCCCN(C)C)cc3)CC2)C=NC([AsH2])c2cc(Cl)ccc21. The molecule has 34 heavy (non-hydrogen) atoms. The maximum absolute atomic E-state index is 6.34. The third kappa shape index (κ3) is 5.88. The normalized spacial score (nSPS) is 23.3. The van der Waals surface area contributed by atoms with Crippen LogP contribution in [0.3, 0.4) is 0 Å². The molecule has 2 aliphatic rings. The number of piperidine rings is 1. The number of hydrogen-bond acceptors (Lipinski definition) is 4. The summed E-state index contributed by atoms with van der Waals surface area (Å²) < 4.78 is 6.75. The summed E-state index contributed by atoms with van der Waals surface area (Å²) in [6, 6.07) is 15.6. The van der Waals surface area contributed by atoms with E-state index in [1.165, 1.54) is 29.7 Å². The van der Waals surface area contributed by atoms with E-state index in [0.29, 0.717) is 6.04 Å². The van der Waals surface area contributed by atoms with E-state index in [2.05, 4.69) is 73.6 Å². The number of quaternary nitrogens is 1. The van der Waals surface area contributed by atoms with E-state index in [4.69, 9.17) is 21.3 Å². The number of rotatable bonds is 9. The van der Waals surface area contributed by atoms with Crippen LogP contribution in [0.5, 0.6) is 5.75 Å².